The van der Waals surface area contributed by atoms with Gasteiger partial charge in [-0.15, -0.1) is 0 Å². The number of aromatic nitrogens is 2. The Bertz CT molecular complexity index is 759. The van der Waals surface area contributed by atoms with Gasteiger partial charge >= 0.3 is 0 Å². The number of nitrogens with one attached hydrogen (secondary N) is 1. The maximum atomic E-state index is 13.8. The number of amides is 1. The number of aryl methyl sites for hydroxylation is 1. The molecule has 3 rings (SSSR count). The lowest BCUT2D eigenvalue weighted by Crippen LogP contribution is -2.48. The highest BCUT2D eigenvalue weighted by Gasteiger charge is 2.23. The van der Waals surface area contributed by atoms with Gasteiger partial charge in [-0.05, 0) is 31.7 Å². The molecular weight excluding hydrogens is 321 g/mol. The van der Waals surface area contributed by atoms with Gasteiger partial charge in [-0.3, -0.25) is 4.79 Å². The van der Waals surface area contributed by atoms with Crippen LogP contribution in [0.3, 0.4) is 0 Å². The van der Waals surface area contributed by atoms with Crippen LogP contribution in [-0.2, 0) is 0 Å². The van der Waals surface area contributed by atoms with E-state index in [9.17, 15) is 9.18 Å². The summed E-state index contributed by atoms with van der Waals surface area (Å²) in [6, 6.07) is 7.97. The molecule has 0 radical (unpaired) electrons. The second-order valence-electron chi connectivity index (χ2n) is 6.05. The normalized spacial score (nSPS) is 15.2. The van der Waals surface area contributed by atoms with E-state index in [0.29, 0.717) is 24.5 Å². The lowest BCUT2D eigenvalue weighted by atomic mass is 10.2. The van der Waals surface area contributed by atoms with Crippen LogP contribution in [0.1, 0.15) is 23.1 Å². The van der Waals surface area contributed by atoms with Gasteiger partial charge < -0.3 is 15.1 Å². The van der Waals surface area contributed by atoms with Crippen LogP contribution in [0.15, 0.2) is 30.3 Å². The van der Waals surface area contributed by atoms with Crippen molar-refractivity contribution in [1.82, 2.24) is 19.8 Å². The zero-order valence-electron chi connectivity index (χ0n) is 14.5. The van der Waals surface area contributed by atoms with Crippen LogP contribution in [-0.4, -0.2) is 58.4 Å². The zero-order chi connectivity index (χ0) is 17.8. The molecule has 2 heterocycles. The molecule has 1 aromatic heterocycles. The first kappa shape index (κ1) is 17.3. The predicted molar refractivity (Wildman–Crippen MR) is 94.5 cm³/mol. The molecule has 25 heavy (non-hydrogen) atoms. The minimum atomic E-state index is -0.392. The number of anilines is 2. The third kappa shape index (κ3) is 4.11. The molecule has 1 fully saturated rings. The monoisotopic (exact) mass is 343 g/mol. The van der Waals surface area contributed by atoms with Crippen LogP contribution in [0.4, 0.5) is 16.0 Å². The number of piperazine rings is 1. The Morgan fingerprint density at radius 3 is 2.60 bits per heavy atom. The number of hydrogen-bond donors (Lipinski definition) is 1. The van der Waals surface area contributed by atoms with Crippen LogP contribution < -0.4 is 5.32 Å². The third-order valence-electron chi connectivity index (χ3n) is 4.30. The fourth-order valence-electron chi connectivity index (χ4n) is 2.85. The zero-order valence-corrected chi connectivity index (χ0v) is 14.5. The molecule has 1 N–H and O–H groups in total. The molecule has 7 heteroatoms. The SMILES string of the molecule is CCN1CCN(C(=O)c2cc(C)nc(Nc3ccccc3F)n2)CC1. The number of benzene rings is 1. The molecule has 0 aliphatic carbocycles. The van der Waals surface area contributed by atoms with Crippen LogP contribution in [0, 0.1) is 12.7 Å². The van der Waals surface area contributed by atoms with E-state index in [0.717, 1.165) is 19.6 Å². The second-order valence-corrected chi connectivity index (χ2v) is 6.05. The second kappa shape index (κ2) is 7.57. The maximum Gasteiger partial charge on any atom is 0.272 e. The van der Waals surface area contributed by atoms with E-state index in [1.165, 1.54) is 6.07 Å². The first-order valence-corrected chi connectivity index (χ1v) is 8.45. The summed E-state index contributed by atoms with van der Waals surface area (Å²) in [6.07, 6.45) is 0. The van der Waals surface area contributed by atoms with Crippen molar-refractivity contribution in [2.45, 2.75) is 13.8 Å². The van der Waals surface area contributed by atoms with Gasteiger partial charge in [0.15, 0.2) is 0 Å². The third-order valence-corrected chi connectivity index (χ3v) is 4.30. The molecule has 0 saturated carbocycles. The number of hydrogen-bond acceptors (Lipinski definition) is 5. The van der Waals surface area contributed by atoms with Crippen molar-refractivity contribution in [2.75, 3.05) is 38.0 Å². The van der Waals surface area contributed by atoms with Gasteiger partial charge in [0, 0.05) is 31.9 Å². The smallest absolute Gasteiger partial charge is 0.272 e. The van der Waals surface area contributed by atoms with E-state index in [4.69, 9.17) is 0 Å². The highest BCUT2D eigenvalue weighted by Crippen LogP contribution is 2.18. The molecular formula is C18H22FN5O. The summed E-state index contributed by atoms with van der Waals surface area (Å²) < 4.78 is 13.8. The molecule has 2 aromatic rings. The van der Waals surface area contributed by atoms with Gasteiger partial charge in [-0.2, -0.15) is 0 Å². The Morgan fingerprint density at radius 2 is 1.92 bits per heavy atom. The lowest BCUT2D eigenvalue weighted by molar-refractivity contribution is 0.0637. The number of carbonyl (C=O) groups excluding carboxylic acids is 1. The predicted octanol–water partition coefficient (Wildman–Crippen LogP) is 2.45. The highest BCUT2D eigenvalue weighted by molar-refractivity contribution is 5.92. The van der Waals surface area contributed by atoms with Crippen molar-refractivity contribution in [2.24, 2.45) is 0 Å². The van der Waals surface area contributed by atoms with E-state index in [2.05, 4.69) is 27.1 Å². The number of likely N-dealkylation sites (N-methyl/N-ethyl adjacent to an activating group) is 1. The molecule has 0 bridgehead atoms. The fourth-order valence-corrected chi connectivity index (χ4v) is 2.85. The summed E-state index contributed by atoms with van der Waals surface area (Å²) in [6.45, 7) is 8.01. The lowest BCUT2D eigenvalue weighted by Gasteiger charge is -2.33. The number of rotatable bonds is 4. The van der Waals surface area contributed by atoms with Gasteiger partial charge in [0.05, 0.1) is 5.69 Å². The van der Waals surface area contributed by atoms with E-state index < -0.39 is 5.82 Å². The quantitative estimate of drug-likeness (QED) is 0.924. The molecule has 1 saturated heterocycles. The van der Waals surface area contributed by atoms with Crippen molar-refractivity contribution < 1.29 is 9.18 Å². The largest absolute Gasteiger partial charge is 0.335 e. The number of nitrogens with zero attached hydrogens (tertiary/aromatic N) is 4. The van der Waals surface area contributed by atoms with Gasteiger partial charge in [0.1, 0.15) is 11.5 Å². The molecule has 1 aliphatic heterocycles. The standard InChI is InChI=1S/C18H22FN5O/c1-3-23-8-10-24(11-9-23)17(25)16-12-13(2)20-18(22-16)21-15-7-5-4-6-14(15)19/h4-7,12H,3,8-11H2,1-2H3,(H,20,21,22). The average molecular weight is 343 g/mol. The number of halogens is 1. The van der Waals surface area contributed by atoms with Gasteiger partial charge in [-0.1, -0.05) is 19.1 Å². The molecule has 6 nitrogen and oxygen atoms in total. The molecule has 1 amide bonds. The Kier molecular flexibility index (Phi) is 5.23. The highest BCUT2D eigenvalue weighted by atomic mass is 19.1. The molecule has 1 aromatic carbocycles. The average Bonchev–Trinajstić information content (AvgIpc) is 2.62. The van der Waals surface area contributed by atoms with Gasteiger partial charge in [-0.25, -0.2) is 14.4 Å². The Labute approximate surface area is 146 Å². The summed E-state index contributed by atoms with van der Waals surface area (Å²) in [5, 5.41) is 2.85. The van der Waals surface area contributed by atoms with Crippen molar-refractivity contribution in [3.8, 4) is 0 Å². The number of carbonyl (C=O) groups is 1. The summed E-state index contributed by atoms with van der Waals surface area (Å²) in [7, 11) is 0. The van der Waals surface area contributed by atoms with Crippen molar-refractivity contribution >= 4 is 17.5 Å². The summed E-state index contributed by atoms with van der Waals surface area (Å²) in [4.78, 5) is 25.4. The summed E-state index contributed by atoms with van der Waals surface area (Å²) in [5.74, 6) is -0.283. The molecule has 1 aliphatic rings. The summed E-state index contributed by atoms with van der Waals surface area (Å²) >= 11 is 0. The van der Waals surface area contributed by atoms with E-state index >= 15 is 0 Å². The topological polar surface area (TPSA) is 61.4 Å². The molecule has 0 spiro atoms. The first-order valence-electron chi connectivity index (χ1n) is 8.45. The minimum Gasteiger partial charge on any atom is -0.335 e. The van der Waals surface area contributed by atoms with Crippen molar-refractivity contribution in [1.29, 1.82) is 0 Å². The first-order chi connectivity index (χ1) is 12.1. The van der Waals surface area contributed by atoms with Crippen molar-refractivity contribution in [3.63, 3.8) is 0 Å². The summed E-state index contributed by atoms with van der Waals surface area (Å²) in [5.41, 5.74) is 1.27. The van der Waals surface area contributed by atoms with Gasteiger partial charge in [0.25, 0.3) is 5.91 Å². The molecule has 0 unspecified atom stereocenters. The maximum absolute atomic E-state index is 13.8. The van der Waals surface area contributed by atoms with Crippen LogP contribution in [0.5, 0.6) is 0 Å². The van der Waals surface area contributed by atoms with Crippen molar-refractivity contribution in [3.05, 3.63) is 47.5 Å². The fraction of sp³-hybridized carbons (Fsp3) is 0.389. The Balaban J connectivity index is 1.77. The van der Waals surface area contributed by atoms with E-state index in [1.54, 1.807) is 36.1 Å². The molecule has 132 valence electrons. The molecule has 0 atom stereocenters. The van der Waals surface area contributed by atoms with E-state index in [1.807, 2.05) is 0 Å². The van der Waals surface area contributed by atoms with E-state index in [-0.39, 0.29) is 17.5 Å². The number of para-hydroxylation sites is 1. The Morgan fingerprint density at radius 1 is 1.20 bits per heavy atom. The van der Waals surface area contributed by atoms with Crippen LogP contribution in [0.25, 0.3) is 0 Å². The van der Waals surface area contributed by atoms with Crippen LogP contribution in [0.2, 0.25) is 0 Å². The van der Waals surface area contributed by atoms with Gasteiger partial charge in [0.2, 0.25) is 5.95 Å². The Hall–Kier alpha value is -2.54. The minimum absolute atomic E-state index is 0.113. The van der Waals surface area contributed by atoms with Crippen LogP contribution >= 0.6 is 0 Å².